The van der Waals surface area contributed by atoms with Crippen LogP contribution in [0.15, 0.2) is 267 Å². The van der Waals surface area contributed by atoms with Crippen LogP contribution in [0.2, 0.25) is 0 Å². The molecule has 11 aromatic carbocycles. The van der Waals surface area contributed by atoms with Gasteiger partial charge in [-0.3, -0.25) is 0 Å². The van der Waals surface area contributed by atoms with Crippen molar-refractivity contribution in [1.29, 1.82) is 0 Å². The van der Waals surface area contributed by atoms with E-state index in [1.807, 2.05) is 0 Å². The van der Waals surface area contributed by atoms with Crippen LogP contribution in [0.25, 0.3) is 93.9 Å². The third-order valence-electron chi connectivity index (χ3n) is 13.0. The number of benzene rings is 11. The number of nitrogens with zero attached hydrogens (tertiary/aromatic N) is 2. The average molecular weight is 841 g/mol. The molecular weight excluding hydrogens is 797 g/mol. The molecule has 0 saturated heterocycles. The largest absolute Gasteiger partial charge is 0.311 e. The van der Waals surface area contributed by atoms with Crippen molar-refractivity contribution in [1.82, 2.24) is 4.57 Å². The topological polar surface area (TPSA) is 8.17 Å². The van der Waals surface area contributed by atoms with Crippen LogP contribution in [-0.4, -0.2) is 4.57 Å². The van der Waals surface area contributed by atoms with Gasteiger partial charge < -0.3 is 9.47 Å². The molecule has 0 radical (unpaired) electrons. The number of hydrogen-bond donors (Lipinski definition) is 0. The summed E-state index contributed by atoms with van der Waals surface area (Å²) in [6.45, 7) is 0. The van der Waals surface area contributed by atoms with Crippen LogP contribution >= 0.6 is 0 Å². The number of fused-ring (bicyclic) bond motifs is 4. The Morgan fingerprint density at radius 3 is 1.17 bits per heavy atom. The zero-order chi connectivity index (χ0) is 43.8. The summed E-state index contributed by atoms with van der Waals surface area (Å²) in [5.74, 6) is 0. The molecule has 0 saturated carbocycles. The molecule has 2 heteroatoms. The molecule has 12 rings (SSSR count). The summed E-state index contributed by atoms with van der Waals surface area (Å²) < 4.78 is 2.38. The molecule has 0 amide bonds. The van der Waals surface area contributed by atoms with E-state index in [1.165, 1.54) is 82.6 Å². The fraction of sp³-hybridized carbons (Fsp3) is 0. The molecule has 66 heavy (non-hydrogen) atoms. The molecule has 0 spiro atoms. The first-order valence-electron chi connectivity index (χ1n) is 22.7. The lowest BCUT2D eigenvalue weighted by Crippen LogP contribution is -2.10. The first-order valence-corrected chi connectivity index (χ1v) is 22.7. The van der Waals surface area contributed by atoms with E-state index < -0.39 is 0 Å². The van der Waals surface area contributed by atoms with Gasteiger partial charge in [0.15, 0.2) is 0 Å². The fourth-order valence-corrected chi connectivity index (χ4v) is 9.87. The van der Waals surface area contributed by atoms with Gasteiger partial charge in [-0.1, -0.05) is 200 Å². The minimum atomic E-state index is 1.08. The van der Waals surface area contributed by atoms with Crippen LogP contribution in [0.4, 0.5) is 17.1 Å². The molecule has 0 atom stereocenters. The van der Waals surface area contributed by atoms with E-state index in [2.05, 4.69) is 276 Å². The molecular formula is C64H44N2. The number of anilines is 3. The predicted molar refractivity (Wildman–Crippen MR) is 280 cm³/mol. The van der Waals surface area contributed by atoms with Gasteiger partial charge in [0.05, 0.1) is 11.0 Å². The number of rotatable bonds is 9. The third kappa shape index (κ3) is 7.02. The Bertz CT molecular complexity index is 3620. The van der Waals surface area contributed by atoms with Crippen LogP contribution in [-0.2, 0) is 0 Å². The predicted octanol–water partition coefficient (Wildman–Crippen LogP) is 17.7. The summed E-state index contributed by atoms with van der Waals surface area (Å²) in [4.78, 5) is 2.37. The van der Waals surface area contributed by atoms with Crippen LogP contribution in [0.1, 0.15) is 0 Å². The highest BCUT2D eigenvalue weighted by molar-refractivity contribution is 6.09. The molecule has 12 aromatic rings. The van der Waals surface area contributed by atoms with Crippen molar-refractivity contribution in [2.75, 3.05) is 4.90 Å². The van der Waals surface area contributed by atoms with Gasteiger partial charge in [0.2, 0.25) is 0 Å². The van der Waals surface area contributed by atoms with E-state index >= 15 is 0 Å². The maximum atomic E-state index is 2.38. The molecule has 2 nitrogen and oxygen atoms in total. The molecule has 0 aliphatic rings. The van der Waals surface area contributed by atoms with E-state index in [1.54, 1.807) is 0 Å². The smallest absolute Gasteiger partial charge is 0.0541 e. The second-order valence-electron chi connectivity index (χ2n) is 16.9. The van der Waals surface area contributed by atoms with Crippen LogP contribution in [0.5, 0.6) is 0 Å². The third-order valence-corrected chi connectivity index (χ3v) is 13.0. The first-order chi connectivity index (χ1) is 32.7. The van der Waals surface area contributed by atoms with Crippen LogP contribution in [0.3, 0.4) is 0 Å². The van der Waals surface area contributed by atoms with Crippen molar-refractivity contribution in [3.8, 4) is 61.3 Å². The molecule has 1 heterocycles. The SMILES string of the molecule is c1ccc(-c2ccccc2-c2ccccc2-c2ccccc2-c2ccc(N(c3ccc(-c4ccc5ccccc5c4)cc3)c3ccc(-n4c5ccccc5c5ccccc54)cc3)cc2)cc1. The monoisotopic (exact) mass is 840 g/mol. The van der Waals surface area contributed by atoms with Gasteiger partial charge in [0, 0.05) is 33.5 Å². The Balaban J connectivity index is 0.940. The molecule has 0 N–H and O–H groups in total. The summed E-state index contributed by atoms with van der Waals surface area (Å²) >= 11 is 0. The van der Waals surface area contributed by atoms with Gasteiger partial charge in [0.1, 0.15) is 0 Å². The van der Waals surface area contributed by atoms with Crippen molar-refractivity contribution in [3.63, 3.8) is 0 Å². The molecule has 0 fully saturated rings. The van der Waals surface area contributed by atoms with Crippen molar-refractivity contribution in [2.24, 2.45) is 0 Å². The average Bonchev–Trinajstić information content (AvgIpc) is 3.74. The summed E-state index contributed by atoms with van der Waals surface area (Å²) in [6.07, 6.45) is 0. The minimum Gasteiger partial charge on any atom is -0.311 e. The van der Waals surface area contributed by atoms with Gasteiger partial charge in [-0.2, -0.15) is 0 Å². The van der Waals surface area contributed by atoms with E-state index in [4.69, 9.17) is 0 Å². The molecule has 0 aliphatic carbocycles. The van der Waals surface area contributed by atoms with Crippen LogP contribution in [0, 0.1) is 0 Å². The molecule has 1 aromatic heterocycles. The summed E-state index contributed by atoms with van der Waals surface area (Å²) in [5.41, 5.74) is 18.8. The number of hydrogen-bond acceptors (Lipinski definition) is 1. The lowest BCUT2D eigenvalue weighted by Gasteiger charge is -2.26. The van der Waals surface area contributed by atoms with Crippen molar-refractivity contribution in [3.05, 3.63) is 267 Å². The van der Waals surface area contributed by atoms with Crippen molar-refractivity contribution >= 4 is 49.6 Å². The van der Waals surface area contributed by atoms with Gasteiger partial charge >= 0.3 is 0 Å². The highest BCUT2D eigenvalue weighted by Gasteiger charge is 2.18. The summed E-state index contributed by atoms with van der Waals surface area (Å²) in [7, 11) is 0. The van der Waals surface area contributed by atoms with Gasteiger partial charge in [-0.05, 0) is 133 Å². The highest BCUT2D eigenvalue weighted by Crippen LogP contribution is 2.43. The molecule has 0 aliphatic heterocycles. The standard InChI is InChI=1S/C64H44N2/c1-2-17-47(18-3-1)55-20-6-8-22-57(55)59-24-10-11-25-60(59)58-23-9-7-21-56(58)48-34-38-52(39-35-48)65(51-36-32-46(33-37-51)50-31-30-45-16-4-5-19-49(45)44-50)53-40-42-54(43-41-53)66-63-28-14-12-26-61(63)62-27-13-15-29-64(62)66/h1-44H. The van der Waals surface area contributed by atoms with E-state index in [0.717, 1.165) is 28.3 Å². The lowest BCUT2D eigenvalue weighted by atomic mass is 9.87. The fourth-order valence-electron chi connectivity index (χ4n) is 9.87. The van der Waals surface area contributed by atoms with E-state index in [9.17, 15) is 0 Å². The molecule has 310 valence electrons. The summed E-state index contributed by atoms with van der Waals surface area (Å²) in [5, 5.41) is 5.00. The zero-order valence-corrected chi connectivity index (χ0v) is 36.3. The van der Waals surface area contributed by atoms with Crippen LogP contribution < -0.4 is 4.90 Å². The Morgan fingerprint density at radius 2 is 0.621 bits per heavy atom. The van der Waals surface area contributed by atoms with Gasteiger partial charge in [-0.25, -0.2) is 0 Å². The number of aromatic nitrogens is 1. The Labute approximate surface area is 385 Å². The number of para-hydroxylation sites is 2. The van der Waals surface area contributed by atoms with E-state index in [0.29, 0.717) is 0 Å². The quantitative estimate of drug-likeness (QED) is 0.141. The van der Waals surface area contributed by atoms with Gasteiger partial charge in [0.25, 0.3) is 0 Å². The Kier molecular flexibility index (Phi) is 9.89. The normalized spacial score (nSPS) is 11.3. The first kappa shape index (κ1) is 38.9. The second-order valence-corrected chi connectivity index (χ2v) is 16.9. The van der Waals surface area contributed by atoms with Gasteiger partial charge in [-0.15, -0.1) is 0 Å². The maximum Gasteiger partial charge on any atom is 0.0541 e. The highest BCUT2D eigenvalue weighted by atomic mass is 15.1. The van der Waals surface area contributed by atoms with E-state index in [-0.39, 0.29) is 0 Å². The zero-order valence-electron chi connectivity index (χ0n) is 36.3. The Morgan fingerprint density at radius 1 is 0.242 bits per heavy atom. The molecule has 0 unspecified atom stereocenters. The van der Waals surface area contributed by atoms with Crippen molar-refractivity contribution < 1.29 is 0 Å². The maximum absolute atomic E-state index is 2.38. The minimum absolute atomic E-state index is 1.08. The summed E-state index contributed by atoms with van der Waals surface area (Å²) in [6, 6.07) is 96.8. The molecule has 0 bridgehead atoms. The lowest BCUT2D eigenvalue weighted by molar-refractivity contribution is 1.17. The second kappa shape index (κ2) is 16.8. The van der Waals surface area contributed by atoms with Crippen molar-refractivity contribution in [2.45, 2.75) is 0 Å². The Hall–Kier alpha value is -8.72.